The Morgan fingerprint density at radius 2 is 1.58 bits per heavy atom. The number of nitrogens with zero attached hydrogens (tertiary/aromatic N) is 2. The van der Waals surface area contributed by atoms with E-state index in [0.717, 1.165) is 53.4 Å². The number of ether oxygens (including phenoxy) is 1. The Bertz CT molecular complexity index is 898. The quantitative estimate of drug-likeness (QED) is 0.594. The Labute approximate surface area is 191 Å². The zero-order valence-electron chi connectivity index (χ0n) is 18.0. The normalized spacial score (nSPS) is 13.9. The van der Waals surface area contributed by atoms with E-state index in [1.807, 2.05) is 56.3 Å². The summed E-state index contributed by atoms with van der Waals surface area (Å²) >= 11 is 3.45. The van der Waals surface area contributed by atoms with Gasteiger partial charge in [-0.2, -0.15) is 0 Å². The lowest BCUT2D eigenvalue weighted by molar-refractivity contribution is -0.119. The molecule has 0 radical (unpaired) electrons. The number of benzene rings is 2. The largest absolute Gasteiger partial charge is 0.378 e. The molecule has 1 saturated heterocycles. The van der Waals surface area contributed by atoms with Crippen LogP contribution in [-0.4, -0.2) is 62.7 Å². The first-order valence-electron chi connectivity index (χ1n) is 10.5. The van der Waals surface area contributed by atoms with Crippen LogP contribution in [0.25, 0.3) is 0 Å². The molecule has 0 atom stereocenters. The molecule has 0 spiro atoms. The molecule has 0 saturated carbocycles. The van der Waals surface area contributed by atoms with Crippen LogP contribution in [0.1, 0.15) is 12.5 Å². The first-order valence-corrected chi connectivity index (χ1v) is 11.2. The molecule has 0 aromatic heterocycles. The number of hydrogen-bond donors (Lipinski definition) is 2. The maximum Gasteiger partial charge on any atom is 0.238 e. The molecule has 2 aromatic carbocycles. The minimum Gasteiger partial charge on any atom is -0.378 e. The molecule has 166 valence electrons. The van der Waals surface area contributed by atoms with Gasteiger partial charge in [0.1, 0.15) is 0 Å². The number of anilines is 3. The Balaban J connectivity index is 1.48. The summed E-state index contributed by atoms with van der Waals surface area (Å²) in [5.74, 6) is -0.292. The SMILES string of the molecule is CCN(CC(=O)Nc1ccc(N2CCOCC2)cc1)CC(=O)Nc1ccc(Br)c(C)c1. The lowest BCUT2D eigenvalue weighted by atomic mass is 10.2. The van der Waals surface area contributed by atoms with E-state index >= 15 is 0 Å². The van der Waals surface area contributed by atoms with Crippen molar-refractivity contribution >= 4 is 44.8 Å². The van der Waals surface area contributed by atoms with Crippen molar-refractivity contribution < 1.29 is 14.3 Å². The van der Waals surface area contributed by atoms with E-state index in [9.17, 15) is 9.59 Å². The number of aryl methyl sites for hydroxylation is 1. The van der Waals surface area contributed by atoms with E-state index in [-0.39, 0.29) is 24.9 Å². The third kappa shape index (κ3) is 7.05. The minimum absolute atomic E-state index is 0.145. The van der Waals surface area contributed by atoms with Gasteiger partial charge >= 0.3 is 0 Å². The fraction of sp³-hybridized carbons (Fsp3) is 0.391. The van der Waals surface area contributed by atoms with Crippen molar-refractivity contribution in [3.63, 3.8) is 0 Å². The van der Waals surface area contributed by atoms with E-state index in [1.54, 1.807) is 4.90 Å². The third-order valence-electron chi connectivity index (χ3n) is 5.15. The van der Waals surface area contributed by atoms with Crippen LogP contribution < -0.4 is 15.5 Å². The van der Waals surface area contributed by atoms with E-state index in [1.165, 1.54) is 0 Å². The molecule has 1 aliphatic heterocycles. The van der Waals surface area contributed by atoms with E-state index in [2.05, 4.69) is 31.5 Å². The second kappa shape index (κ2) is 11.3. The molecule has 3 rings (SSSR count). The fourth-order valence-corrected chi connectivity index (χ4v) is 3.63. The van der Waals surface area contributed by atoms with Crippen LogP contribution in [0.4, 0.5) is 17.1 Å². The highest BCUT2D eigenvalue weighted by Crippen LogP contribution is 2.20. The molecule has 2 N–H and O–H groups in total. The van der Waals surface area contributed by atoms with Gasteiger partial charge in [-0.25, -0.2) is 0 Å². The van der Waals surface area contributed by atoms with Crippen molar-refractivity contribution in [2.45, 2.75) is 13.8 Å². The lowest BCUT2D eigenvalue weighted by Crippen LogP contribution is -2.38. The van der Waals surface area contributed by atoms with E-state index in [0.29, 0.717) is 6.54 Å². The number of halogens is 1. The average Bonchev–Trinajstić information content (AvgIpc) is 2.77. The Kier molecular flexibility index (Phi) is 8.45. The second-order valence-electron chi connectivity index (χ2n) is 7.51. The first-order chi connectivity index (χ1) is 14.9. The van der Waals surface area contributed by atoms with Gasteiger partial charge < -0.3 is 20.3 Å². The molecule has 2 aromatic rings. The number of carbonyl (C=O) groups is 2. The fourth-order valence-electron chi connectivity index (χ4n) is 3.39. The molecule has 1 heterocycles. The Morgan fingerprint density at radius 3 is 2.16 bits per heavy atom. The standard InChI is InChI=1S/C23H29BrN4O3/c1-3-27(16-23(30)26-19-6-9-21(24)17(2)14-19)15-22(29)25-18-4-7-20(8-5-18)28-10-12-31-13-11-28/h4-9,14H,3,10-13,15-16H2,1-2H3,(H,25,29)(H,26,30). The number of morpholine rings is 1. The van der Waals surface area contributed by atoms with Crippen molar-refractivity contribution in [3.05, 3.63) is 52.5 Å². The van der Waals surface area contributed by atoms with Gasteiger partial charge in [0.25, 0.3) is 0 Å². The average molecular weight is 489 g/mol. The highest BCUT2D eigenvalue weighted by Gasteiger charge is 2.15. The topological polar surface area (TPSA) is 73.9 Å². The first kappa shape index (κ1) is 23.2. The van der Waals surface area contributed by atoms with Crippen LogP contribution in [0.2, 0.25) is 0 Å². The van der Waals surface area contributed by atoms with Crippen molar-refractivity contribution in [2.24, 2.45) is 0 Å². The number of nitrogens with one attached hydrogen (secondary N) is 2. The predicted molar refractivity (Wildman–Crippen MR) is 128 cm³/mol. The zero-order chi connectivity index (χ0) is 22.2. The van der Waals surface area contributed by atoms with Gasteiger partial charge in [-0.1, -0.05) is 22.9 Å². The molecule has 1 aliphatic rings. The van der Waals surface area contributed by atoms with Crippen LogP contribution in [0, 0.1) is 6.92 Å². The predicted octanol–water partition coefficient (Wildman–Crippen LogP) is 3.49. The smallest absolute Gasteiger partial charge is 0.238 e. The maximum absolute atomic E-state index is 12.5. The van der Waals surface area contributed by atoms with Crippen molar-refractivity contribution in [3.8, 4) is 0 Å². The summed E-state index contributed by atoms with van der Waals surface area (Å²) in [5.41, 5.74) is 3.65. The van der Waals surface area contributed by atoms with Gasteiger partial charge in [0.05, 0.1) is 26.3 Å². The second-order valence-corrected chi connectivity index (χ2v) is 8.36. The van der Waals surface area contributed by atoms with E-state index < -0.39 is 0 Å². The summed E-state index contributed by atoms with van der Waals surface area (Å²) in [6.45, 7) is 8.01. The van der Waals surface area contributed by atoms with Gasteiger partial charge in [-0.3, -0.25) is 14.5 Å². The van der Waals surface area contributed by atoms with Gasteiger partial charge in [0, 0.05) is 34.6 Å². The molecule has 1 fully saturated rings. The number of carbonyl (C=O) groups excluding carboxylic acids is 2. The number of amides is 2. The summed E-state index contributed by atoms with van der Waals surface area (Å²) in [6.07, 6.45) is 0. The third-order valence-corrected chi connectivity index (χ3v) is 6.04. The highest BCUT2D eigenvalue weighted by molar-refractivity contribution is 9.10. The summed E-state index contributed by atoms with van der Waals surface area (Å²) in [5, 5.41) is 5.80. The van der Waals surface area contributed by atoms with Gasteiger partial charge in [0.15, 0.2) is 0 Å². The van der Waals surface area contributed by atoms with Crippen LogP contribution in [0.3, 0.4) is 0 Å². The Morgan fingerprint density at radius 1 is 1.00 bits per heavy atom. The van der Waals surface area contributed by atoms with Crippen molar-refractivity contribution in [1.82, 2.24) is 4.90 Å². The monoisotopic (exact) mass is 488 g/mol. The molecular formula is C23H29BrN4O3. The summed E-state index contributed by atoms with van der Waals surface area (Å²) in [4.78, 5) is 28.9. The van der Waals surface area contributed by atoms with Crippen molar-refractivity contribution in [2.75, 3.05) is 61.5 Å². The molecule has 2 amide bonds. The highest BCUT2D eigenvalue weighted by atomic mass is 79.9. The summed E-state index contributed by atoms with van der Waals surface area (Å²) in [7, 11) is 0. The van der Waals surface area contributed by atoms with Crippen LogP contribution in [0.15, 0.2) is 46.9 Å². The maximum atomic E-state index is 12.5. The molecule has 31 heavy (non-hydrogen) atoms. The molecule has 0 unspecified atom stereocenters. The zero-order valence-corrected chi connectivity index (χ0v) is 19.6. The number of rotatable bonds is 8. The number of likely N-dealkylation sites (N-methyl/N-ethyl adjacent to an activating group) is 1. The molecular weight excluding hydrogens is 460 g/mol. The number of hydrogen-bond acceptors (Lipinski definition) is 5. The molecule has 7 nitrogen and oxygen atoms in total. The van der Waals surface area contributed by atoms with Gasteiger partial charge in [0.2, 0.25) is 11.8 Å². The molecule has 8 heteroatoms. The van der Waals surface area contributed by atoms with Crippen LogP contribution >= 0.6 is 15.9 Å². The van der Waals surface area contributed by atoms with E-state index in [4.69, 9.17) is 4.74 Å². The van der Waals surface area contributed by atoms with Crippen LogP contribution in [0.5, 0.6) is 0 Å². The molecule has 0 bridgehead atoms. The summed E-state index contributed by atoms with van der Waals surface area (Å²) < 4.78 is 6.38. The summed E-state index contributed by atoms with van der Waals surface area (Å²) in [6, 6.07) is 13.5. The van der Waals surface area contributed by atoms with Gasteiger partial charge in [-0.15, -0.1) is 0 Å². The minimum atomic E-state index is -0.147. The van der Waals surface area contributed by atoms with Gasteiger partial charge in [-0.05, 0) is 61.5 Å². The Hall–Kier alpha value is -2.42. The molecule has 0 aliphatic carbocycles. The van der Waals surface area contributed by atoms with Crippen LogP contribution in [-0.2, 0) is 14.3 Å². The lowest BCUT2D eigenvalue weighted by Gasteiger charge is -2.29. The van der Waals surface area contributed by atoms with Crippen molar-refractivity contribution in [1.29, 1.82) is 0 Å².